The van der Waals surface area contributed by atoms with E-state index in [1.54, 1.807) is 11.3 Å². The van der Waals surface area contributed by atoms with Crippen LogP contribution in [0.5, 0.6) is 0 Å². The molecule has 4 N–H and O–H groups in total. The van der Waals surface area contributed by atoms with Gasteiger partial charge in [-0.05, 0) is 55.9 Å². The van der Waals surface area contributed by atoms with Crippen LogP contribution >= 0.6 is 11.3 Å². The average Bonchev–Trinajstić information content (AvgIpc) is 3.62. The average molecular weight is 567 g/mol. The molecule has 4 atom stereocenters. The summed E-state index contributed by atoms with van der Waals surface area (Å²) in [6.07, 6.45) is 1.10. The van der Waals surface area contributed by atoms with Crippen molar-refractivity contribution in [2.45, 2.75) is 62.4 Å². The summed E-state index contributed by atoms with van der Waals surface area (Å²) in [4.78, 5) is 31.0. The van der Waals surface area contributed by atoms with Gasteiger partial charge in [-0.2, -0.15) is 13.2 Å². The zero-order valence-electron chi connectivity index (χ0n) is 20.5. The van der Waals surface area contributed by atoms with Crippen molar-refractivity contribution >= 4 is 28.9 Å². The molecule has 3 aromatic rings. The normalized spacial score (nSPS) is 21.0. The van der Waals surface area contributed by atoms with Gasteiger partial charge in [0, 0.05) is 34.4 Å². The summed E-state index contributed by atoms with van der Waals surface area (Å²) in [5.41, 5.74) is 5.19. The summed E-state index contributed by atoms with van der Waals surface area (Å²) in [5, 5.41) is 24.2. The van der Waals surface area contributed by atoms with Gasteiger partial charge in [-0.1, -0.05) is 12.1 Å². The van der Waals surface area contributed by atoms with Crippen LogP contribution in [0, 0.1) is 5.82 Å². The van der Waals surface area contributed by atoms with Crippen LogP contribution in [0.2, 0.25) is 0 Å². The zero-order chi connectivity index (χ0) is 28.2. The molecule has 1 aromatic carbocycles. The van der Waals surface area contributed by atoms with E-state index >= 15 is 0 Å². The predicted octanol–water partition coefficient (Wildman–Crippen LogP) is 4.38. The molecule has 3 heterocycles. The Kier molecular flexibility index (Phi) is 8.93. The number of carboxylic acids is 1. The second-order valence-electron chi connectivity index (χ2n) is 9.37. The van der Waals surface area contributed by atoms with Crippen LogP contribution in [-0.2, 0) is 22.4 Å². The van der Waals surface area contributed by atoms with Crippen molar-refractivity contribution in [3.63, 3.8) is 0 Å². The van der Waals surface area contributed by atoms with Crippen molar-refractivity contribution in [1.29, 1.82) is 0 Å². The molecule has 8 nitrogen and oxygen atoms in total. The predicted molar refractivity (Wildman–Crippen MR) is 135 cm³/mol. The summed E-state index contributed by atoms with van der Waals surface area (Å²) in [5.74, 6) is -3.35. The van der Waals surface area contributed by atoms with E-state index in [4.69, 9.17) is 9.90 Å². The molecule has 13 heteroatoms. The third-order valence-corrected chi connectivity index (χ3v) is 7.56. The van der Waals surface area contributed by atoms with Gasteiger partial charge in [-0.3, -0.25) is 9.78 Å². The van der Waals surface area contributed by atoms with E-state index < -0.39 is 24.1 Å². The highest BCUT2D eigenvalue weighted by atomic mass is 32.1. The lowest BCUT2D eigenvalue weighted by molar-refractivity contribution is -0.192. The number of carbonyl (C=O) groups excluding carboxylic acids is 1. The maximum atomic E-state index is 13.4. The quantitative estimate of drug-likeness (QED) is 0.327. The van der Waals surface area contributed by atoms with Crippen molar-refractivity contribution < 1.29 is 37.4 Å². The molecule has 0 radical (unpaired) electrons. The first-order chi connectivity index (χ1) is 18.5. The third kappa shape index (κ3) is 7.37. The van der Waals surface area contributed by atoms with Crippen LogP contribution in [-0.4, -0.2) is 50.3 Å². The Bertz CT molecular complexity index is 1300. The van der Waals surface area contributed by atoms with Crippen LogP contribution < -0.4 is 10.6 Å². The minimum Gasteiger partial charge on any atom is -0.475 e. The molecule has 1 saturated heterocycles. The highest BCUT2D eigenvalue weighted by molar-refractivity contribution is 7.09. The molecule has 5 rings (SSSR count). The van der Waals surface area contributed by atoms with Crippen LogP contribution in [0.1, 0.15) is 53.0 Å². The smallest absolute Gasteiger partial charge is 0.475 e. The molecule has 1 unspecified atom stereocenters. The largest absolute Gasteiger partial charge is 0.490 e. The van der Waals surface area contributed by atoms with Gasteiger partial charge in [0.25, 0.3) is 0 Å². The summed E-state index contributed by atoms with van der Waals surface area (Å²) in [6.45, 7) is 0. The number of pyridine rings is 1. The number of rotatable bonds is 6. The molecule has 39 heavy (non-hydrogen) atoms. The van der Waals surface area contributed by atoms with E-state index in [1.807, 2.05) is 29.8 Å². The number of aliphatic carboxylic acids is 1. The number of thiazole rings is 1. The molecule has 0 spiro atoms. The Morgan fingerprint density at radius 3 is 2.54 bits per heavy atom. The molecular weight excluding hydrogens is 540 g/mol. The number of aryl methyl sites for hydroxylation is 1. The second kappa shape index (κ2) is 12.2. The Hall–Kier alpha value is -3.42. The number of nitrogens with one attached hydrogen (secondary N) is 2. The third-order valence-electron chi connectivity index (χ3n) is 6.65. The van der Waals surface area contributed by atoms with Gasteiger partial charge in [0.05, 0.1) is 29.4 Å². The number of anilines is 1. The summed E-state index contributed by atoms with van der Waals surface area (Å²) >= 11 is 1.63. The van der Waals surface area contributed by atoms with Gasteiger partial charge >= 0.3 is 12.1 Å². The van der Waals surface area contributed by atoms with Crippen LogP contribution in [0.15, 0.2) is 48.2 Å². The standard InChI is InChI=1S/C24H25FN4O2S.C2HF3O2/c25-16-10-15(11-26-12-16)23(30)20-7-5-18(28-20)9-14-1-3-17(4-2-14)29-24(31)19-6-8-21-22(19)27-13-32-21;3-2(4,5)1(6)7/h1-4,10-13,18-20,23,28,30H,5-9H2,(H,29,31);(H,6,7)/t18-,19?,20+,23+;/m0./s1. The summed E-state index contributed by atoms with van der Waals surface area (Å²) < 4.78 is 45.1. The lowest BCUT2D eigenvalue weighted by Crippen LogP contribution is -2.35. The zero-order valence-corrected chi connectivity index (χ0v) is 21.3. The van der Waals surface area contributed by atoms with Crippen molar-refractivity contribution in [2.75, 3.05) is 5.32 Å². The van der Waals surface area contributed by atoms with Gasteiger partial charge < -0.3 is 20.8 Å². The van der Waals surface area contributed by atoms with Crippen molar-refractivity contribution in [3.05, 3.63) is 75.8 Å². The van der Waals surface area contributed by atoms with E-state index in [9.17, 15) is 27.5 Å². The number of fused-ring (bicyclic) bond motifs is 1. The fourth-order valence-electron chi connectivity index (χ4n) is 4.74. The molecule has 1 aliphatic heterocycles. The highest BCUT2D eigenvalue weighted by Crippen LogP contribution is 2.35. The lowest BCUT2D eigenvalue weighted by atomic mass is 10.0. The van der Waals surface area contributed by atoms with Gasteiger partial charge in [0.15, 0.2) is 0 Å². The maximum absolute atomic E-state index is 13.4. The number of aromatic nitrogens is 2. The number of halogens is 4. The maximum Gasteiger partial charge on any atom is 0.490 e. The van der Waals surface area contributed by atoms with E-state index in [-0.39, 0.29) is 23.9 Å². The molecule has 208 valence electrons. The summed E-state index contributed by atoms with van der Waals surface area (Å²) in [6, 6.07) is 9.37. The molecule has 1 fully saturated rings. The van der Waals surface area contributed by atoms with Crippen LogP contribution in [0.25, 0.3) is 0 Å². The molecule has 1 amide bonds. The van der Waals surface area contributed by atoms with Crippen LogP contribution in [0.4, 0.5) is 23.2 Å². The fourth-order valence-corrected chi connectivity index (χ4v) is 5.58. The van der Waals surface area contributed by atoms with E-state index in [0.717, 1.165) is 55.2 Å². The number of carbonyl (C=O) groups is 2. The van der Waals surface area contributed by atoms with Crippen molar-refractivity contribution in [3.8, 4) is 0 Å². The highest BCUT2D eigenvalue weighted by Gasteiger charge is 2.38. The fraction of sp³-hybridized carbons (Fsp3) is 0.385. The van der Waals surface area contributed by atoms with E-state index in [0.29, 0.717) is 5.56 Å². The minimum atomic E-state index is -5.08. The number of aliphatic hydroxyl groups excluding tert-OH is 1. The first kappa shape index (κ1) is 28.6. The number of amides is 1. The number of aliphatic hydroxyl groups is 1. The van der Waals surface area contributed by atoms with Gasteiger partial charge in [-0.25, -0.2) is 14.2 Å². The van der Waals surface area contributed by atoms with E-state index in [1.165, 1.54) is 17.1 Å². The number of hydrogen-bond donors (Lipinski definition) is 4. The lowest BCUT2D eigenvalue weighted by Gasteiger charge is -2.20. The Balaban J connectivity index is 0.000000448. The minimum absolute atomic E-state index is 0.00327. The van der Waals surface area contributed by atoms with Crippen molar-refractivity contribution in [1.82, 2.24) is 15.3 Å². The molecule has 0 saturated carbocycles. The SMILES string of the molecule is O=C(Nc1ccc(C[C@@H]2CC[C@H]([C@H](O)c3cncc(F)c3)N2)cc1)C1CCc2scnc21.O=C(O)C(F)(F)F. The molecular formula is C26H26F4N4O4S. The molecule has 0 bridgehead atoms. The van der Waals surface area contributed by atoms with Gasteiger partial charge in [0.2, 0.25) is 5.91 Å². The summed E-state index contributed by atoms with van der Waals surface area (Å²) in [7, 11) is 0. The number of alkyl halides is 3. The Morgan fingerprint density at radius 2 is 1.87 bits per heavy atom. The van der Waals surface area contributed by atoms with Crippen molar-refractivity contribution in [2.24, 2.45) is 0 Å². The first-order valence-corrected chi connectivity index (χ1v) is 13.1. The second-order valence-corrected chi connectivity index (χ2v) is 10.3. The number of nitrogens with zero attached hydrogens (tertiary/aromatic N) is 2. The Morgan fingerprint density at radius 1 is 1.15 bits per heavy atom. The first-order valence-electron chi connectivity index (χ1n) is 12.2. The molecule has 1 aliphatic carbocycles. The topological polar surface area (TPSA) is 124 Å². The van der Waals surface area contributed by atoms with Gasteiger partial charge in [-0.15, -0.1) is 11.3 Å². The van der Waals surface area contributed by atoms with Gasteiger partial charge in [0.1, 0.15) is 5.82 Å². The molecule has 2 aliphatic rings. The monoisotopic (exact) mass is 566 g/mol. The number of carboxylic acid groups (broad SMARTS) is 1. The number of hydrogen-bond acceptors (Lipinski definition) is 7. The van der Waals surface area contributed by atoms with Crippen LogP contribution in [0.3, 0.4) is 0 Å². The molecule has 2 aromatic heterocycles. The van der Waals surface area contributed by atoms with E-state index in [2.05, 4.69) is 20.6 Å². The Labute approximate surface area is 225 Å². The number of benzene rings is 1.